The molecule has 0 bridgehead atoms. The molecule has 0 saturated carbocycles. The van der Waals surface area contributed by atoms with E-state index in [1.54, 1.807) is 24.8 Å². The first-order chi connectivity index (χ1) is 5.86. The summed E-state index contributed by atoms with van der Waals surface area (Å²) in [6, 6.07) is 1.86. The Hall–Kier alpha value is -1.84. The minimum absolute atomic E-state index is 0.661. The van der Waals surface area contributed by atoms with E-state index in [1.165, 1.54) is 0 Å². The van der Waals surface area contributed by atoms with Gasteiger partial charge in [0.25, 0.3) is 0 Å². The number of nitrogen functional groups attached to an aromatic ring is 1. The summed E-state index contributed by atoms with van der Waals surface area (Å²) in [5.41, 5.74) is 8.20. The van der Waals surface area contributed by atoms with Crippen molar-refractivity contribution in [2.24, 2.45) is 0 Å². The SMILES string of the molecule is Nc1cncc(-c2cn[nH]c2)c1. The Balaban J connectivity index is 2.48. The predicted molar refractivity (Wildman–Crippen MR) is 46.2 cm³/mol. The molecule has 4 heteroatoms. The summed E-state index contributed by atoms with van der Waals surface area (Å²) in [5.74, 6) is 0. The lowest BCUT2D eigenvalue weighted by atomic mass is 10.1. The molecular weight excluding hydrogens is 152 g/mol. The highest BCUT2D eigenvalue weighted by Crippen LogP contribution is 2.17. The first kappa shape index (κ1) is 6.84. The summed E-state index contributed by atoms with van der Waals surface area (Å²) in [7, 11) is 0. The van der Waals surface area contributed by atoms with E-state index in [0.717, 1.165) is 11.1 Å². The molecule has 0 spiro atoms. The zero-order valence-corrected chi connectivity index (χ0v) is 6.36. The van der Waals surface area contributed by atoms with Crippen LogP contribution in [0.5, 0.6) is 0 Å². The molecule has 12 heavy (non-hydrogen) atoms. The second kappa shape index (κ2) is 2.65. The van der Waals surface area contributed by atoms with Crippen LogP contribution in [0, 0.1) is 0 Å². The third-order valence-corrected chi connectivity index (χ3v) is 1.59. The van der Waals surface area contributed by atoms with Gasteiger partial charge in [-0.2, -0.15) is 5.10 Å². The number of nitrogens with one attached hydrogen (secondary N) is 1. The fourth-order valence-electron chi connectivity index (χ4n) is 1.02. The van der Waals surface area contributed by atoms with Crippen LogP contribution < -0.4 is 5.73 Å². The fourth-order valence-corrected chi connectivity index (χ4v) is 1.02. The molecule has 0 amide bonds. The molecule has 0 saturated heterocycles. The van der Waals surface area contributed by atoms with Crippen molar-refractivity contribution in [1.29, 1.82) is 0 Å². The molecule has 2 aromatic heterocycles. The average Bonchev–Trinajstić information content (AvgIpc) is 2.56. The Morgan fingerprint density at radius 3 is 2.75 bits per heavy atom. The third-order valence-electron chi connectivity index (χ3n) is 1.59. The Morgan fingerprint density at radius 2 is 2.08 bits per heavy atom. The molecule has 0 aliphatic rings. The molecule has 0 aliphatic heterocycles. The molecule has 3 N–H and O–H groups in total. The van der Waals surface area contributed by atoms with E-state index < -0.39 is 0 Å². The number of aromatic amines is 1. The van der Waals surface area contributed by atoms with Crippen LogP contribution in [0.1, 0.15) is 0 Å². The monoisotopic (exact) mass is 160 g/mol. The lowest BCUT2D eigenvalue weighted by molar-refractivity contribution is 1.09. The average molecular weight is 160 g/mol. The molecule has 0 fully saturated rings. The molecule has 4 nitrogen and oxygen atoms in total. The molecule has 0 radical (unpaired) electrons. The number of H-pyrrole nitrogens is 1. The number of hydrogen-bond donors (Lipinski definition) is 2. The van der Waals surface area contributed by atoms with E-state index in [1.807, 2.05) is 6.07 Å². The number of nitrogens with two attached hydrogens (primary N) is 1. The number of anilines is 1. The number of pyridine rings is 1. The van der Waals surface area contributed by atoms with Gasteiger partial charge in [-0.1, -0.05) is 0 Å². The van der Waals surface area contributed by atoms with Crippen LogP contribution in [0.15, 0.2) is 30.9 Å². The van der Waals surface area contributed by atoms with Gasteiger partial charge < -0.3 is 5.73 Å². The van der Waals surface area contributed by atoms with Crippen LogP contribution >= 0.6 is 0 Å². The quantitative estimate of drug-likeness (QED) is 0.655. The molecule has 2 rings (SSSR count). The zero-order valence-electron chi connectivity index (χ0n) is 6.36. The van der Waals surface area contributed by atoms with Gasteiger partial charge >= 0.3 is 0 Å². The highest BCUT2D eigenvalue weighted by molar-refractivity contribution is 5.64. The summed E-state index contributed by atoms with van der Waals surface area (Å²) < 4.78 is 0. The van der Waals surface area contributed by atoms with Gasteiger partial charge in [0, 0.05) is 29.7 Å². The summed E-state index contributed by atoms with van der Waals surface area (Å²) >= 11 is 0. The molecule has 0 atom stereocenters. The first-order valence-electron chi connectivity index (χ1n) is 3.56. The molecule has 0 unspecified atom stereocenters. The minimum Gasteiger partial charge on any atom is -0.397 e. The zero-order chi connectivity index (χ0) is 8.39. The summed E-state index contributed by atoms with van der Waals surface area (Å²) in [5, 5.41) is 6.56. The van der Waals surface area contributed by atoms with Gasteiger partial charge in [0.15, 0.2) is 0 Å². The largest absolute Gasteiger partial charge is 0.397 e. The second-order valence-electron chi connectivity index (χ2n) is 2.49. The van der Waals surface area contributed by atoms with Crippen LogP contribution in [0.2, 0.25) is 0 Å². The van der Waals surface area contributed by atoms with Gasteiger partial charge in [0.1, 0.15) is 0 Å². The summed E-state index contributed by atoms with van der Waals surface area (Å²) in [4.78, 5) is 3.97. The Bertz CT molecular complexity index is 366. The van der Waals surface area contributed by atoms with E-state index in [-0.39, 0.29) is 0 Å². The Morgan fingerprint density at radius 1 is 1.17 bits per heavy atom. The Labute approximate surface area is 69.4 Å². The van der Waals surface area contributed by atoms with Crippen molar-refractivity contribution < 1.29 is 0 Å². The second-order valence-corrected chi connectivity index (χ2v) is 2.49. The van der Waals surface area contributed by atoms with Crippen molar-refractivity contribution in [3.05, 3.63) is 30.9 Å². The molecule has 2 aromatic rings. The molecule has 2 heterocycles. The van der Waals surface area contributed by atoms with Gasteiger partial charge in [-0.15, -0.1) is 0 Å². The lowest BCUT2D eigenvalue weighted by Crippen LogP contribution is -1.86. The molecular formula is C8H8N4. The summed E-state index contributed by atoms with van der Waals surface area (Å²) in [6.07, 6.45) is 6.90. The van der Waals surface area contributed by atoms with Gasteiger partial charge in [-0.3, -0.25) is 10.1 Å². The Kier molecular flexibility index (Phi) is 1.51. The van der Waals surface area contributed by atoms with Gasteiger partial charge in [0.2, 0.25) is 0 Å². The van der Waals surface area contributed by atoms with E-state index in [9.17, 15) is 0 Å². The van der Waals surface area contributed by atoms with E-state index in [4.69, 9.17) is 5.73 Å². The minimum atomic E-state index is 0.661. The number of rotatable bonds is 1. The van der Waals surface area contributed by atoms with E-state index >= 15 is 0 Å². The fraction of sp³-hybridized carbons (Fsp3) is 0. The topological polar surface area (TPSA) is 67.6 Å². The lowest BCUT2D eigenvalue weighted by Gasteiger charge is -1.96. The van der Waals surface area contributed by atoms with Crippen LogP contribution in [-0.2, 0) is 0 Å². The van der Waals surface area contributed by atoms with Crippen molar-refractivity contribution in [1.82, 2.24) is 15.2 Å². The molecule has 0 aliphatic carbocycles. The maximum Gasteiger partial charge on any atom is 0.0566 e. The maximum atomic E-state index is 5.57. The number of hydrogen-bond acceptors (Lipinski definition) is 3. The normalized spacial score (nSPS) is 10.0. The van der Waals surface area contributed by atoms with Gasteiger partial charge in [-0.05, 0) is 6.07 Å². The predicted octanol–water partition coefficient (Wildman–Crippen LogP) is 1.05. The number of nitrogens with zero attached hydrogens (tertiary/aromatic N) is 2. The van der Waals surface area contributed by atoms with Gasteiger partial charge in [-0.25, -0.2) is 0 Å². The number of aromatic nitrogens is 3. The van der Waals surface area contributed by atoms with Crippen molar-refractivity contribution in [3.8, 4) is 11.1 Å². The first-order valence-corrected chi connectivity index (χ1v) is 3.56. The summed E-state index contributed by atoms with van der Waals surface area (Å²) in [6.45, 7) is 0. The van der Waals surface area contributed by atoms with Crippen molar-refractivity contribution in [3.63, 3.8) is 0 Å². The van der Waals surface area contributed by atoms with Crippen LogP contribution in [-0.4, -0.2) is 15.2 Å². The van der Waals surface area contributed by atoms with E-state index in [0.29, 0.717) is 5.69 Å². The molecule has 0 aromatic carbocycles. The highest BCUT2D eigenvalue weighted by Gasteiger charge is 1.98. The van der Waals surface area contributed by atoms with Crippen molar-refractivity contribution >= 4 is 5.69 Å². The smallest absolute Gasteiger partial charge is 0.0566 e. The maximum absolute atomic E-state index is 5.57. The standard InChI is InChI=1S/C8H8N4/c9-8-1-6(2-10-5-8)7-3-11-12-4-7/h1-5H,9H2,(H,11,12). The van der Waals surface area contributed by atoms with Gasteiger partial charge in [0.05, 0.1) is 11.9 Å². The van der Waals surface area contributed by atoms with Crippen LogP contribution in [0.4, 0.5) is 5.69 Å². The van der Waals surface area contributed by atoms with Crippen LogP contribution in [0.25, 0.3) is 11.1 Å². The highest BCUT2D eigenvalue weighted by atomic mass is 15.1. The van der Waals surface area contributed by atoms with Crippen LogP contribution in [0.3, 0.4) is 0 Å². The van der Waals surface area contributed by atoms with Crippen molar-refractivity contribution in [2.75, 3.05) is 5.73 Å². The molecule has 60 valence electrons. The third kappa shape index (κ3) is 1.14. The van der Waals surface area contributed by atoms with E-state index in [2.05, 4.69) is 15.2 Å². The van der Waals surface area contributed by atoms with Crippen molar-refractivity contribution in [2.45, 2.75) is 0 Å².